The van der Waals surface area contributed by atoms with Crippen molar-refractivity contribution in [2.24, 2.45) is 0 Å². The molecule has 1 aliphatic heterocycles. The fourth-order valence-corrected chi connectivity index (χ4v) is 4.17. The molecule has 7 heteroatoms. The van der Waals surface area contributed by atoms with Gasteiger partial charge < -0.3 is 4.98 Å². The number of benzene rings is 2. The molecule has 1 fully saturated rings. The predicted molar refractivity (Wildman–Crippen MR) is 113 cm³/mol. The molecule has 1 N–H and O–H groups in total. The average Bonchev–Trinajstić information content (AvgIpc) is 3.28. The SMILES string of the molecule is Cc1cccc(N2C(=O)/C(=C/c3ccc(-c4nnc[nH]4)cc3)SC2=S)c1C. The minimum atomic E-state index is -0.0852. The Labute approximate surface area is 166 Å². The van der Waals surface area contributed by atoms with Crippen LogP contribution in [0.3, 0.4) is 0 Å². The molecule has 2 aromatic carbocycles. The molecule has 2 heterocycles. The van der Waals surface area contributed by atoms with Gasteiger partial charge >= 0.3 is 0 Å². The maximum atomic E-state index is 13.0. The number of hydrogen-bond donors (Lipinski definition) is 1. The lowest BCUT2D eigenvalue weighted by Gasteiger charge is -2.18. The van der Waals surface area contributed by atoms with Gasteiger partial charge in [-0.3, -0.25) is 9.69 Å². The van der Waals surface area contributed by atoms with E-state index in [1.165, 1.54) is 11.8 Å². The van der Waals surface area contributed by atoms with E-state index in [9.17, 15) is 4.79 Å². The highest BCUT2D eigenvalue weighted by atomic mass is 32.2. The first-order valence-corrected chi connectivity index (χ1v) is 9.58. The Balaban J connectivity index is 1.62. The summed E-state index contributed by atoms with van der Waals surface area (Å²) in [7, 11) is 0. The van der Waals surface area contributed by atoms with Gasteiger partial charge in [0.15, 0.2) is 10.1 Å². The summed E-state index contributed by atoms with van der Waals surface area (Å²) in [4.78, 5) is 18.2. The minimum Gasteiger partial charge on any atom is -0.328 e. The highest BCUT2D eigenvalue weighted by molar-refractivity contribution is 8.27. The van der Waals surface area contributed by atoms with Gasteiger partial charge in [0.25, 0.3) is 5.91 Å². The van der Waals surface area contributed by atoms with Crippen LogP contribution in [0.2, 0.25) is 0 Å². The van der Waals surface area contributed by atoms with Crippen molar-refractivity contribution in [2.45, 2.75) is 13.8 Å². The molecule has 1 amide bonds. The van der Waals surface area contributed by atoms with E-state index in [0.717, 1.165) is 27.9 Å². The van der Waals surface area contributed by atoms with E-state index >= 15 is 0 Å². The molecule has 0 atom stereocenters. The molecule has 0 spiro atoms. The van der Waals surface area contributed by atoms with Crippen molar-refractivity contribution in [3.63, 3.8) is 0 Å². The molecule has 0 aliphatic carbocycles. The van der Waals surface area contributed by atoms with Gasteiger partial charge in [0.2, 0.25) is 0 Å². The zero-order chi connectivity index (χ0) is 19.0. The number of anilines is 1. The van der Waals surface area contributed by atoms with Crippen molar-refractivity contribution < 1.29 is 4.79 Å². The number of rotatable bonds is 3. The van der Waals surface area contributed by atoms with Crippen molar-refractivity contribution in [1.29, 1.82) is 0 Å². The standard InChI is InChI=1S/C20H16N4OS2/c1-12-4-3-5-16(13(12)2)24-19(25)17(27-20(24)26)10-14-6-8-15(9-7-14)18-21-11-22-23-18/h3-11H,1-2H3,(H,21,22,23)/b17-10-. The van der Waals surface area contributed by atoms with Gasteiger partial charge in [0, 0.05) is 5.56 Å². The van der Waals surface area contributed by atoms with Crippen LogP contribution in [-0.2, 0) is 4.79 Å². The molecule has 0 unspecified atom stereocenters. The highest BCUT2D eigenvalue weighted by Crippen LogP contribution is 2.37. The number of hydrogen-bond acceptors (Lipinski definition) is 5. The molecule has 0 bridgehead atoms. The molecule has 1 aliphatic rings. The Morgan fingerprint density at radius 1 is 1.15 bits per heavy atom. The molecule has 134 valence electrons. The number of aryl methyl sites for hydroxylation is 1. The normalized spacial score (nSPS) is 15.8. The van der Waals surface area contributed by atoms with Crippen LogP contribution in [0.5, 0.6) is 0 Å². The average molecular weight is 393 g/mol. The van der Waals surface area contributed by atoms with Gasteiger partial charge in [-0.1, -0.05) is 60.4 Å². The number of nitrogens with zero attached hydrogens (tertiary/aromatic N) is 3. The fraction of sp³-hybridized carbons (Fsp3) is 0.100. The highest BCUT2D eigenvalue weighted by Gasteiger charge is 2.34. The summed E-state index contributed by atoms with van der Waals surface area (Å²) in [5.41, 5.74) is 4.91. The van der Waals surface area contributed by atoms with Gasteiger partial charge in [-0.25, -0.2) is 0 Å². The zero-order valence-electron chi connectivity index (χ0n) is 14.8. The number of carbonyl (C=O) groups is 1. The number of carbonyl (C=O) groups excluding carboxylic acids is 1. The third kappa shape index (κ3) is 3.31. The van der Waals surface area contributed by atoms with Crippen molar-refractivity contribution in [3.8, 4) is 11.4 Å². The third-order valence-electron chi connectivity index (χ3n) is 4.51. The summed E-state index contributed by atoms with van der Waals surface area (Å²) in [6.07, 6.45) is 3.41. The summed E-state index contributed by atoms with van der Waals surface area (Å²) in [5.74, 6) is 0.626. The lowest BCUT2D eigenvalue weighted by Crippen LogP contribution is -2.28. The van der Waals surface area contributed by atoms with Crippen LogP contribution in [0.25, 0.3) is 17.5 Å². The van der Waals surface area contributed by atoms with Crippen LogP contribution < -0.4 is 4.90 Å². The molecule has 4 rings (SSSR count). The number of amides is 1. The Morgan fingerprint density at radius 2 is 1.93 bits per heavy atom. The van der Waals surface area contributed by atoms with E-state index in [1.54, 1.807) is 11.2 Å². The fourth-order valence-electron chi connectivity index (χ4n) is 2.89. The van der Waals surface area contributed by atoms with E-state index in [1.807, 2.05) is 62.4 Å². The Morgan fingerprint density at radius 3 is 2.63 bits per heavy atom. The predicted octanol–water partition coefficient (Wildman–Crippen LogP) is 4.49. The summed E-state index contributed by atoms with van der Waals surface area (Å²) in [6.45, 7) is 4.04. The molecular weight excluding hydrogens is 376 g/mol. The van der Waals surface area contributed by atoms with Gasteiger partial charge in [0.1, 0.15) is 6.33 Å². The van der Waals surface area contributed by atoms with Crippen LogP contribution in [0.15, 0.2) is 53.7 Å². The van der Waals surface area contributed by atoms with Crippen molar-refractivity contribution in [2.75, 3.05) is 4.90 Å². The van der Waals surface area contributed by atoms with Gasteiger partial charge in [0.05, 0.1) is 10.6 Å². The maximum absolute atomic E-state index is 13.0. The van der Waals surface area contributed by atoms with Crippen LogP contribution in [-0.4, -0.2) is 25.4 Å². The number of aromatic amines is 1. The topological polar surface area (TPSA) is 61.9 Å². The second-order valence-electron chi connectivity index (χ2n) is 6.20. The number of nitrogens with one attached hydrogen (secondary N) is 1. The molecule has 1 aromatic heterocycles. The summed E-state index contributed by atoms with van der Waals surface area (Å²) in [5, 5.41) is 7.78. The quantitative estimate of drug-likeness (QED) is 0.525. The molecule has 27 heavy (non-hydrogen) atoms. The number of H-pyrrole nitrogens is 1. The Hall–Kier alpha value is -2.77. The maximum Gasteiger partial charge on any atom is 0.270 e. The summed E-state index contributed by atoms with van der Waals surface area (Å²) in [6, 6.07) is 13.7. The molecule has 0 radical (unpaired) electrons. The van der Waals surface area contributed by atoms with Crippen molar-refractivity contribution in [3.05, 3.63) is 70.4 Å². The van der Waals surface area contributed by atoms with Crippen molar-refractivity contribution >= 4 is 46.0 Å². The minimum absolute atomic E-state index is 0.0852. The zero-order valence-corrected chi connectivity index (χ0v) is 16.4. The van der Waals surface area contributed by atoms with Gasteiger partial charge in [-0.15, -0.1) is 10.2 Å². The Kier molecular flexibility index (Phi) is 4.63. The molecular formula is C20H16N4OS2. The monoisotopic (exact) mass is 392 g/mol. The first-order valence-electron chi connectivity index (χ1n) is 8.35. The molecule has 5 nitrogen and oxygen atoms in total. The lowest BCUT2D eigenvalue weighted by molar-refractivity contribution is -0.113. The van der Waals surface area contributed by atoms with Crippen LogP contribution in [0.4, 0.5) is 5.69 Å². The summed E-state index contributed by atoms with van der Waals surface area (Å²) >= 11 is 6.81. The van der Waals surface area contributed by atoms with Crippen LogP contribution in [0.1, 0.15) is 16.7 Å². The first kappa shape index (κ1) is 17.6. The van der Waals surface area contributed by atoms with E-state index in [0.29, 0.717) is 15.1 Å². The molecule has 1 saturated heterocycles. The second kappa shape index (κ2) is 7.09. The number of thiocarbonyl (C=S) groups is 1. The third-order valence-corrected chi connectivity index (χ3v) is 5.81. The first-order chi connectivity index (χ1) is 13.0. The van der Waals surface area contributed by atoms with Crippen LogP contribution >= 0.6 is 24.0 Å². The molecule has 3 aromatic rings. The van der Waals surface area contributed by atoms with Gasteiger partial charge in [-0.2, -0.15) is 0 Å². The summed E-state index contributed by atoms with van der Waals surface area (Å²) < 4.78 is 0.554. The second-order valence-corrected chi connectivity index (χ2v) is 7.87. The lowest BCUT2D eigenvalue weighted by atomic mass is 10.1. The van der Waals surface area contributed by atoms with E-state index in [2.05, 4.69) is 15.2 Å². The van der Waals surface area contributed by atoms with Crippen molar-refractivity contribution in [1.82, 2.24) is 15.2 Å². The number of thioether (sulfide) groups is 1. The van der Waals surface area contributed by atoms with Gasteiger partial charge in [-0.05, 0) is 42.7 Å². The van der Waals surface area contributed by atoms with E-state index < -0.39 is 0 Å². The molecule has 0 saturated carbocycles. The van der Waals surface area contributed by atoms with Crippen LogP contribution in [0, 0.1) is 13.8 Å². The number of aromatic nitrogens is 3. The largest absolute Gasteiger partial charge is 0.328 e. The smallest absolute Gasteiger partial charge is 0.270 e. The Bertz CT molecular complexity index is 1060. The van der Waals surface area contributed by atoms with E-state index in [4.69, 9.17) is 12.2 Å². The van der Waals surface area contributed by atoms with E-state index in [-0.39, 0.29) is 5.91 Å².